The van der Waals surface area contributed by atoms with E-state index >= 15 is 0 Å². The van der Waals surface area contributed by atoms with Gasteiger partial charge in [-0.25, -0.2) is 13.1 Å². The summed E-state index contributed by atoms with van der Waals surface area (Å²) in [6, 6.07) is 7.65. The van der Waals surface area contributed by atoms with Crippen LogP contribution in [0.2, 0.25) is 0 Å². The fraction of sp³-hybridized carbons (Fsp3) is 0.571. The van der Waals surface area contributed by atoms with E-state index in [1.54, 1.807) is 18.2 Å². The minimum absolute atomic E-state index is 0.0198. The molecule has 1 heterocycles. The summed E-state index contributed by atoms with van der Waals surface area (Å²) in [5.74, 6) is 0. The van der Waals surface area contributed by atoms with Crippen LogP contribution in [0.15, 0.2) is 29.2 Å². The van der Waals surface area contributed by atoms with E-state index in [1.807, 2.05) is 6.07 Å². The first-order valence-corrected chi connectivity index (χ1v) is 8.63. The molecule has 1 aliphatic heterocycles. The number of hydrogen-bond acceptors (Lipinski definition) is 4. The summed E-state index contributed by atoms with van der Waals surface area (Å²) in [6.45, 7) is 2.06. The predicted octanol–water partition coefficient (Wildman–Crippen LogP) is 0.660. The zero-order valence-electron chi connectivity index (χ0n) is 11.5. The molecule has 20 heavy (non-hydrogen) atoms. The van der Waals surface area contributed by atoms with E-state index in [2.05, 4.69) is 9.62 Å². The third-order valence-electron chi connectivity index (χ3n) is 4.09. The van der Waals surface area contributed by atoms with Crippen LogP contribution in [0.1, 0.15) is 24.8 Å². The van der Waals surface area contributed by atoms with Crippen molar-refractivity contribution in [2.75, 3.05) is 13.1 Å². The Balaban J connectivity index is 1.72. The van der Waals surface area contributed by atoms with Gasteiger partial charge in [-0.05, 0) is 30.9 Å². The largest absolute Gasteiger partial charge is 0.326 e. The molecule has 1 unspecified atom stereocenters. The number of rotatable bonds is 5. The Bertz CT molecular complexity index is 584. The van der Waals surface area contributed by atoms with E-state index in [-0.39, 0.29) is 12.6 Å². The molecular weight excluding hydrogens is 274 g/mol. The van der Waals surface area contributed by atoms with E-state index in [0.717, 1.165) is 19.5 Å². The van der Waals surface area contributed by atoms with Crippen molar-refractivity contribution >= 4 is 10.0 Å². The van der Waals surface area contributed by atoms with Gasteiger partial charge >= 0.3 is 0 Å². The quantitative estimate of drug-likeness (QED) is 0.837. The zero-order valence-corrected chi connectivity index (χ0v) is 12.3. The molecule has 0 radical (unpaired) electrons. The van der Waals surface area contributed by atoms with Crippen LogP contribution in [-0.2, 0) is 16.6 Å². The van der Waals surface area contributed by atoms with Crippen molar-refractivity contribution in [3.05, 3.63) is 29.8 Å². The van der Waals surface area contributed by atoms with Gasteiger partial charge in [0.2, 0.25) is 10.0 Å². The lowest BCUT2D eigenvalue weighted by molar-refractivity contribution is 0.322. The van der Waals surface area contributed by atoms with Gasteiger partial charge in [0.25, 0.3) is 0 Å². The van der Waals surface area contributed by atoms with E-state index < -0.39 is 10.0 Å². The van der Waals surface area contributed by atoms with Crippen LogP contribution < -0.4 is 10.5 Å². The molecule has 1 saturated heterocycles. The van der Waals surface area contributed by atoms with Crippen molar-refractivity contribution in [1.82, 2.24) is 9.62 Å². The zero-order chi connectivity index (χ0) is 14.2. The Labute approximate surface area is 120 Å². The van der Waals surface area contributed by atoms with Gasteiger partial charge in [-0.15, -0.1) is 0 Å². The number of likely N-dealkylation sites (tertiary alicyclic amines) is 1. The molecule has 1 saturated carbocycles. The second-order valence-electron chi connectivity index (χ2n) is 5.64. The number of sulfonamides is 1. The van der Waals surface area contributed by atoms with Crippen LogP contribution in [0.4, 0.5) is 0 Å². The number of nitrogens with one attached hydrogen (secondary N) is 1. The third kappa shape index (κ3) is 2.88. The minimum Gasteiger partial charge on any atom is -0.326 e. The van der Waals surface area contributed by atoms with Gasteiger partial charge in [0, 0.05) is 31.7 Å². The number of benzene rings is 1. The maximum absolute atomic E-state index is 12.5. The first-order valence-electron chi connectivity index (χ1n) is 7.14. The van der Waals surface area contributed by atoms with Crippen molar-refractivity contribution in [3.8, 4) is 0 Å². The van der Waals surface area contributed by atoms with Gasteiger partial charge in [-0.2, -0.15) is 0 Å². The molecular formula is C14H21N3O2S. The van der Waals surface area contributed by atoms with Crippen LogP contribution >= 0.6 is 0 Å². The van der Waals surface area contributed by atoms with Crippen LogP contribution in [0, 0.1) is 0 Å². The second-order valence-corrected chi connectivity index (χ2v) is 7.33. The number of hydrogen-bond donors (Lipinski definition) is 2. The van der Waals surface area contributed by atoms with Crippen LogP contribution in [0.5, 0.6) is 0 Å². The van der Waals surface area contributed by atoms with Gasteiger partial charge in [0.15, 0.2) is 0 Å². The third-order valence-corrected chi connectivity index (χ3v) is 5.71. The smallest absolute Gasteiger partial charge is 0.241 e. The standard InChI is InChI=1S/C14H21N3O2S/c15-9-11-3-1-2-4-14(11)20(18,19)16-12-7-8-17(10-12)13-5-6-13/h1-4,12-13,16H,5-10,15H2. The summed E-state index contributed by atoms with van der Waals surface area (Å²) in [5, 5.41) is 0. The first-order chi connectivity index (χ1) is 9.60. The van der Waals surface area contributed by atoms with Gasteiger partial charge in [-0.3, -0.25) is 4.90 Å². The second kappa shape index (κ2) is 5.44. The predicted molar refractivity (Wildman–Crippen MR) is 77.7 cm³/mol. The van der Waals surface area contributed by atoms with E-state index in [0.29, 0.717) is 16.5 Å². The average Bonchev–Trinajstić information content (AvgIpc) is 3.20. The molecule has 0 bridgehead atoms. The van der Waals surface area contributed by atoms with Gasteiger partial charge in [-0.1, -0.05) is 18.2 Å². The molecule has 1 aromatic carbocycles. The summed E-state index contributed by atoms with van der Waals surface area (Å²) < 4.78 is 27.8. The Morgan fingerprint density at radius 3 is 2.70 bits per heavy atom. The molecule has 0 amide bonds. The lowest BCUT2D eigenvalue weighted by atomic mass is 10.2. The molecule has 2 aliphatic rings. The van der Waals surface area contributed by atoms with Crippen molar-refractivity contribution in [2.45, 2.75) is 42.8 Å². The van der Waals surface area contributed by atoms with Crippen molar-refractivity contribution in [1.29, 1.82) is 0 Å². The molecule has 0 spiro atoms. The van der Waals surface area contributed by atoms with Crippen LogP contribution in [-0.4, -0.2) is 38.5 Å². The maximum atomic E-state index is 12.5. The Morgan fingerprint density at radius 2 is 2.00 bits per heavy atom. The highest BCUT2D eigenvalue weighted by Gasteiger charge is 2.36. The Kier molecular flexibility index (Phi) is 3.81. The van der Waals surface area contributed by atoms with Gasteiger partial charge < -0.3 is 5.73 Å². The van der Waals surface area contributed by atoms with Crippen molar-refractivity contribution in [3.63, 3.8) is 0 Å². The average molecular weight is 295 g/mol. The molecule has 3 N–H and O–H groups in total. The summed E-state index contributed by atoms with van der Waals surface area (Å²) >= 11 is 0. The molecule has 5 nitrogen and oxygen atoms in total. The van der Waals surface area contributed by atoms with Crippen molar-refractivity contribution in [2.24, 2.45) is 5.73 Å². The van der Waals surface area contributed by atoms with E-state index in [9.17, 15) is 8.42 Å². The van der Waals surface area contributed by atoms with Crippen LogP contribution in [0.25, 0.3) is 0 Å². The number of nitrogens with zero attached hydrogens (tertiary/aromatic N) is 1. The summed E-state index contributed by atoms with van der Waals surface area (Å²) in [5.41, 5.74) is 6.29. The molecule has 2 fully saturated rings. The molecule has 110 valence electrons. The highest BCUT2D eigenvalue weighted by atomic mass is 32.2. The SMILES string of the molecule is NCc1ccccc1S(=O)(=O)NC1CCN(C2CC2)C1. The van der Waals surface area contributed by atoms with Crippen molar-refractivity contribution < 1.29 is 8.42 Å². The molecule has 6 heteroatoms. The molecule has 1 aliphatic carbocycles. The van der Waals surface area contributed by atoms with Crippen LogP contribution in [0.3, 0.4) is 0 Å². The lowest BCUT2D eigenvalue weighted by Gasteiger charge is -2.17. The fourth-order valence-electron chi connectivity index (χ4n) is 2.87. The monoisotopic (exact) mass is 295 g/mol. The fourth-order valence-corrected chi connectivity index (χ4v) is 4.38. The first kappa shape index (κ1) is 14.0. The summed E-state index contributed by atoms with van der Waals surface area (Å²) in [7, 11) is -3.47. The van der Waals surface area contributed by atoms with Gasteiger partial charge in [0.1, 0.15) is 0 Å². The molecule has 1 atom stereocenters. The normalized spacial score (nSPS) is 24.1. The van der Waals surface area contributed by atoms with E-state index in [1.165, 1.54) is 12.8 Å². The molecule has 0 aromatic heterocycles. The van der Waals surface area contributed by atoms with Gasteiger partial charge in [0.05, 0.1) is 4.90 Å². The highest BCUT2D eigenvalue weighted by molar-refractivity contribution is 7.89. The topological polar surface area (TPSA) is 75.4 Å². The Hall–Kier alpha value is -0.950. The lowest BCUT2D eigenvalue weighted by Crippen LogP contribution is -2.37. The minimum atomic E-state index is -3.47. The maximum Gasteiger partial charge on any atom is 0.241 e. The number of nitrogens with two attached hydrogens (primary N) is 1. The summed E-state index contributed by atoms with van der Waals surface area (Å²) in [4.78, 5) is 2.70. The molecule has 3 rings (SSSR count). The molecule has 1 aromatic rings. The van der Waals surface area contributed by atoms with E-state index in [4.69, 9.17) is 5.73 Å². The summed E-state index contributed by atoms with van der Waals surface area (Å²) in [6.07, 6.45) is 3.41. The highest BCUT2D eigenvalue weighted by Crippen LogP contribution is 2.30. The Morgan fingerprint density at radius 1 is 1.25 bits per heavy atom.